The number of rotatable bonds is 4. The van der Waals surface area contributed by atoms with Gasteiger partial charge in [0.25, 0.3) is 0 Å². The van der Waals surface area contributed by atoms with Crippen molar-refractivity contribution >= 4 is 11.6 Å². The maximum absolute atomic E-state index is 12.3. The maximum atomic E-state index is 12.3. The molecule has 1 amide bonds. The number of phenols is 1. The number of hydrogen-bond donors (Lipinski definition) is 2. The van der Waals surface area contributed by atoms with E-state index >= 15 is 0 Å². The molecule has 5 nitrogen and oxygen atoms in total. The van der Waals surface area contributed by atoms with Crippen LogP contribution in [0.1, 0.15) is 11.1 Å². The Labute approximate surface area is 141 Å². The summed E-state index contributed by atoms with van der Waals surface area (Å²) >= 11 is 0. The van der Waals surface area contributed by atoms with Gasteiger partial charge in [-0.15, -0.1) is 0 Å². The molecule has 1 aliphatic rings. The first kappa shape index (κ1) is 16.3. The van der Waals surface area contributed by atoms with Crippen LogP contribution < -0.4 is 10.1 Å². The molecule has 1 aliphatic heterocycles. The lowest BCUT2D eigenvalue weighted by Crippen LogP contribution is -2.35. The van der Waals surface area contributed by atoms with E-state index in [1.54, 1.807) is 19.2 Å². The summed E-state index contributed by atoms with van der Waals surface area (Å²) in [6.45, 7) is 2.00. The number of aromatic hydroxyl groups is 1. The Morgan fingerprint density at radius 2 is 1.96 bits per heavy atom. The van der Waals surface area contributed by atoms with Crippen molar-refractivity contribution in [2.24, 2.45) is 0 Å². The largest absolute Gasteiger partial charge is 0.508 e. The van der Waals surface area contributed by atoms with E-state index in [1.807, 2.05) is 30.3 Å². The van der Waals surface area contributed by atoms with Crippen LogP contribution in [0.15, 0.2) is 42.5 Å². The monoisotopic (exact) mass is 326 g/mol. The quantitative estimate of drug-likeness (QED) is 0.906. The lowest BCUT2D eigenvalue weighted by Gasteiger charge is -2.19. The van der Waals surface area contributed by atoms with E-state index in [1.165, 1.54) is 11.1 Å². The van der Waals surface area contributed by atoms with Crippen LogP contribution in [0.2, 0.25) is 0 Å². The molecule has 126 valence electrons. The predicted octanol–water partition coefficient (Wildman–Crippen LogP) is 2.44. The van der Waals surface area contributed by atoms with Crippen LogP contribution in [0.3, 0.4) is 0 Å². The molecule has 2 N–H and O–H groups in total. The van der Waals surface area contributed by atoms with Gasteiger partial charge >= 0.3 is 0 Å². The molecule has 24 heavy (non-hydrogen) atoms. The molecule has 0 bridgehead atoms. The van der Waals surface area contributed by atoms with Gasteiger partial charge in [0.15, 0.2) is 0 Å². The van der Waals surface area contributed by atoms with Crippen LogP contribution in [-0.2, 0) is 17.6 Å². The molecule has 0 saturated carbocycles. The number of phenolic OH excluding ortho intramolecular Hbond substituents is 1. The number of hydrogen-bond acceptors (Lipinski definition) is 4. The molecule has 0 atom stereocenters. The maximum Gasteiger partial charge on any atom is 0.238 e. The molecule has 0 aliphatic carbocycles. The lowest BCUT2D eigenvalue weighted by molar-refractivity contribution is -0.117. The third kappa shape index (κ3) is 4.06. The summed E-state index contributed by atoms with van der Waals surface area (Å²) in [5.41, 5.74) is 3.16. The van der Waals surface area contributed by atoms with Crippen LogP contribution in [-0.4, -0.2) is 42.7 Å². The van der Waals surface area contributed by atoms with Crippen molar-refractivity contribution in [1.29, 1.82) is 0 Å². The highest BCUT2D eigenvalue weighted by molar-refractivity contribution is 5.92. The number of nitrogens with zero attached hydrogens (tertiary/aromatic N) is 1. The zero-order valence-electron chi connectivity index (χ0n) is 13.8. The van der Waals surface area contributed by atoms with Crippen LogP contribution in [0.25, 0.3) is 0 Å². The summed E-state index contributed by atoms with van der Waals surface area (Å²) < 4.78 is 5.17. The first-order valence-electron chi connectivity index (χ1n) is 8.11. The van der Waals surface area contributed by atoms with Crippen molar-refractivity contribution in [3.05, 3.63) is 53.6 Å². The Morgan fingerprint density at radius 1 is 1.17 bits per heavy atom. The number of amides is 1. The molecule has 3 rings (SSSR count). The number of benzene rings is 2. The minimum atomic E-state index is -0.0305. The number of carbonyl (C=O) groups excluding carboxylic acids is 1. The number of fused-ring (bicyclic) bond motifs is 1. The number of methoxy groups -OCH3 is 1. The molecule has 2 aromatic carbocycles. The van der Waals surface area contributed by atoms with E-state index in [2.05, 4.69) is 10.2 Å². The number of anilines is 1. The van der Waals surface area contributed by atoms with Gasteiger partial charge in [-0.05, 0) is 48.2 Å². The molecular formula is C19H22N2O3. The molecular weight excluding hydrogens is 304 g/mol. The second kappa shape index (κ2) is 7.36. The highest BCUT2D eigenvalue weighted by atomic mass is 16.5. The van der Waals surface area contributed by atoms with Crippen molar-refractivity contribution in [3.63, 3.8) is 0 Å². The van der Waals surface area contributed by atoms with E-state index < -0.39 is 0 Å². The normalized spacial score (nSPS) is 14.5. The van der Waals surface area contributed by atoms with Crippen LogP contribution >= 0.6 is 0 Å². The fourth-order valence-electron chi connectivity index (χ4n) is 3.02. The van der Waals surface area contributed by atoms with Crippen LogP contribution in [0.4, 0.5) is 5.69 Å². The number of nitrogens with one attached hydrogen (secondary N) is 1. The van der Waals surface area contributed by atoms with Gasteiger partial charge in [0.2, 0.25) is 5.91 Å². The van der Waals surface area contributed by atoms with E-state index in [0.717, 1.165) is 37.4 Å². The fourth-order valence-corrected chi connectivity index (χ4v) is 3.02. The topological polar surface area (TPSA) is 61.8 Å². The first-order valence-corrected chi connectivity index (χ1v) is 8.11. The average molecular weight is 326 g/mol. The van der Waals surface area contributed by atoms with Gasteiger partial charge in [-0.1, -0.05) is 12.1 Å². The van der Waals surface area contributed by atoms with E-state index in [0.29, 0.717) is 12.3 Å². The Kier molecular flexibility index (Phi) is 5.01. The minimum Gasteiger partial charge on any atom is -0.508 e. The van der Waals surface area contributed by atoms with Crippen molar-refractivity contribution in [2.45, 2.75) is 12.8 Å². The van der Waals surface area contributed by atoms with Gasteiger partial charge in [-0.3, -0.25) is 9.69 Å². The van der Waals surface area contributed by atoms with Crippen molar-refractivity contribution in [3.8, 4) is 11.5 Å². The third-order valence-electron chi connectivity index (χ3n) is 4.31. The molecule has 0 radical (unpaired) electrons. The zero-order valence-corrected chi connectivity index (χ0v) is 13.8. The average Bonchev–Trinajstić information content (AvgIpc) is 2.77. The van der Waals surface area contributed by atoms with Crippen LogP contribution in [0, 0.1) is 0 Å². The number of ether oxygens (including phenoxy) is 1. The second-order valence-electron chi connectivity index (χ2n) is 6.01. The summed E-state index contributed by atoms with van der Waals surface area (Å²) in [4.78, 5) is 14.4. The first-order chi connectivity index (χ1) is 11.6. The standard InChI is InChI=1S/C19H22N2O3/c1-24-18-4-2-3-16(12-18)20-19(23)13-21-9-7-14-5-6-17(22)11-15(14)8-10-21/h2-6,11-12,22H,7-10,13H2,1H3,(H,20,23). The molecule has 0 aromatic heterocycles. The fraction of sp³-hybridized carbons (Fsp3) is 0.316. The Bertz CT molecular complexity index is 730. The summed E-state index contributed by atoms with van der Waals surface area (Å²) in [7, 11) is 1.60. The molecule has 5 heteroatoms. The van der Waals surface area contributed by atoms with Crippen LogP contribution in [0.5, 0.6) is 11.5 Å². The highest BCUT2D eigenvalue weighted by Gasteiger charge is 2.17. The molecule has 0 fully saturated rings. The minimum absolute atomic E-state index is 0.0305. The van der Waals surface area contributed by atoms with Gasteiger partial charge in [-0.25, -0.2) is 0 Å². The van der Waals surface area contributed by atoms with E-state index in [9.17, 15) is 9.90 Å². The van der Waals surface area contributed by atoms with Crippen molar-refractivity contribution < 1.29 is 14.6 Å². The molecule has 0 saturated heterocycles. The SMILES string of the molecule is COc1cccc(NC(=O)CN2CCc3ccc(O)cc3CC2)c1. The molecule has 1 heterocycles. The van der Waals surface area contributed by atoms with Gasteiger partial charge in [0.05, 0.1) is 13.7 Å². The van der Waals surface area contributed by atoms with E-state index in [-0.39, 0.29) is 5.91 Å². The zero-order chi connectivity index (χ0) is 16.9. The Morgan fingerprint density at radius 3 is 2.75 bits per heavy atom. The summed E-state index contributed by atoms with van der Waals surface area (Å²) in [6, 6.07) is 12.9. The molecule has 0 spiro atoms. The number of carbonyl (C=O) groups is 1. The van der Waals surface area contributed by atoms with Gasteiger partial charge in [0, 0.05) is 24.8 Å². The second-order valence-corrected chi connectivity index (χ2v) is 6.01. The van der Waals surface area contributed by atoms with Gasteiger partial charge in [-0.2, -0.15) is 0 Å². The summed E-state index contributed by atoms with van der Waals surface area (Å²) in [6.07, 6.45) is 1.73. The molecule has 2 aromatic rings. The summed E-state index contributed by atoms with van der Waals surface area (Å²) in [5, 5.41) is 12.5. The Hall–Kier alpha value is -2.53. The highest BCUT2D eigenvalue weighted by Crippen LogP contribution is 2.21. The predicted molar refractivity (Wildman–Crippen MR) is 93.6 cm³/mol. The van der Waals surface area contributed by atoms with E-state index in [4.69, 9.17) is 4.74 Å². The lowest BCUT2D eigenvalue weighted by atomic mass is 10.0. The smallest absolute Gasteiger partial charge is 0.238 e. The summed E-state index contributed by atoms with van der Waals surface area (Å²) in [5.74, 6) is 0.993. The van der Waals surface area contributed by atoms with Gasteiger partial charge < -0.3 is 15.2 Å². The molecule has 0 unspecified atom stereocenters. The Balaban J connectivity index is 1.57. The van der Waals surface area contributed by atoms with Crippen molar-refractivity contribution in [1.82, 2.24) is 4.90 Å². The third-order valence-corrected chi connectivity index (χ3v) is 4.31. The van der Waals surface area contributed by atoms with Crippen molar-refractivity contribution in [2.75, 3.05) is 32.1 Å². The van der Waals surface area contributed by atoms with Gasteiger partial charge in [0.1, 0.15) is 11.5 Å².